The molecule has 1 heterocycles. The van der Waals surface area contributed by atoms with Gasteiger partial charge in [0.25, 0.3) is 0 Å². The summed E-state index contributed by atoms with van der Waals surface area (Å²) in [6.07, 6.45) is 0.141. The highest BCUT2D eigenvalue weighted by Crippen LogP contribution is 2.40. The molecule has 7 nitrogen and oxygen atoms in total. The molecule has 0 saturated carbocycles. The summed E-state index contributed by atoms with van der Waals surface area (Å²) in [5.41, 5.74) is 4.11. The molecule has 0 fully saturated rings. The number of carbonyl (C=O) groups excluding carboxylic acids is 2. The number of nitrogens with zero attached hydrogens (tertiary/aromatic N) is 2. The minimum atomic E-state index is -1.16. The largest absolute Gasteiger partial charge is 0.464 e. The van der Waals surface area contributed by atoms with Crippen molar-refractivity contribution in [2.45, 2.75) is 31.9 Å². The Morgan fingerprint density at radius 2 is 1.55 bits per heavy atom. The van der Waals surface area contributed by atoms with Gasteiger partial charge in [-0.2, -0.15) is 0 Å². The van der Waals surface area contributed by atoms with E-state index in [1.807, 2.05) is 30.3 Å². The number of hydrogen-bond donors (Lipinski definition) is 1. The number of benzene rings is 2. The van der Waals surface area contributed by atoms with Crippen molar-refractivity contribution in [1.82, 2.24) is 5.32 Å². The van der Waals surface area contributed by atoms with Crippen LogP contribution in [-0.2, 0) is 33.7 Å². The Balaban J connectivity index is 1.56. The van der Waals surface area contributed by atoms with E-state index in [2.05, 4.69) is 41.3 Å². The maximum atomic E-state index is 13.0. The molecule has 4 rings (SSSR count). The number of amides is 1. The van der Waals surface area contributed by atoms with Crippen LogP contribution in [0, 0.1) is 0 Å². The predicted molar refractivity (Wildman–Crippen MR) is 120 cm³/mol. The lowest BCUT2D eigenvalue weighted by atomic mass is 9.96. The van der Waals surface area contributed by atoms with Crippen LogP contribution in [0.3, 0.4) is 0 Å². The standard InChI is InChI=1S/C24H29N3O4/c1-4-30-22(28)24(25-23(29)31-16-17-8-6-5-7-9-17)14-18-12-20-21(13-19(18)15-24)27(3)11-10-26(20)2/h5-9,12-13H,4,10-11,14-16H2,1-3H3,(H,25,29). The molecule has 1 aliphatic carbocycles. The summed E-state index contributed by atoms with van der Waals surface area (Å²) in [7, 11) is 4.15. The van der Waals surface area contributed by atoms with Gasteiger partial charge in [-0.1, -0.05) is 30.3 Å². The van der Waals surface area contributed by atoms with Crippen molar-refractivity contribution in [2.75, 3.05) is 43.6 Å². The van der Waals surface area contributed by atoms with E-state index >= 15 is 0 Å². The molecule has 2 aliphatic rings. The molecule has 0 saturated heterocycles. The quantitative estimate of drug-likeness (QED) is 0.746. The van der Waals surface area contributed by atoms with Crippen LogP contribution < -0.4 is 15.1 Å². The van der Waals surface area contributed by atoms with Crippen molar-refractivity contribution < 1.29 is 19.1 Å². The summed E-state index contributed by atoms with van der Waals surface area (Å²) in [4.78, 5) is 30.1. The summed E-state index contributed by atoms with van der Waals surface area (Å²) in [5, 5.41) is 2.84. The lowest BCUT2D eigenvalue weighted by molar-refractivity contribution is -0.150. The molecular weight excluding hydrogens is 394 g/mol. The van der Waals surface area contributed by atoms with Crippen LogP contribution in [0.25, 0.3) is 0 Å². The summed E-state index contributed by atoms with van der Waals surface area (Å²) in [6.45, 7) is 4.04. The molecule has 7 heteroatoms. The van der Waals surface area contributed by atoms with Crippen molar-refractivity contribution in [3.05, 3.63) is 59.2 Å². The van der Waals surface area contributed by atoms with Crippen LogP contribution in [0.4, 0.5) is 16.2 Å². The highest BCUT2D eigenvalue weighted by molar-refractivity contribution is 5.88. The molecule has 0 unspecified atom stereocenters. The molecule has 0 bridgehead atoms. The average molecular weight is 424 g/mol. The fraction of sp³-hybridized carbons (Fsp3) is 0.417. The number of esters is 1. The molecule has 2 aromatic rings. The summed E-state index contributed by atoms with van der Waals surface area (Å²) in [6, 6.07) is 13.7. The molecule has 0 radical (unpaired) electrons. The second kappa shape index (κ2) is 8.49. The molecule has 0 atom stereocenters. The van der Waals surface area contributed by atoms with Crippen LogP contribution in [0.15, 0.2) is 42.5 Å². The number of alkyl carbamates (subject to hydrolysis) is 1. The number of rotatable bonds is 5. The zero-order valence-corrected chi connectivity index (χ0v) is 18.3. The van der Waals surface area contributed by atoms with Gasteiger partial charge in [-0.25, -0.2) is 9.59 Å². The molecule has 2 aromatic carbocycles. The fourth-order valence-corrected chi connectivity index (χ4v) is 4.37. The van der Waals surface area contributed by atoms with Crippen LogP contribution in [0.1, 0.15) is 23.6 Å². The number of ether oxygens (including phenoxy) is 2. The van der Waals surface area contributed by atoms with Gasteiger partial charge in [-0.15, -0.1) is 0 Å². The van der Waals surface area contributed by atoms with Gasteiger partial charge in [0.15, 0.2) is 0 Å². The molecule has 164 valence electrons. The highest BCUT2D eigenvalue weighted by atomic mass is 16.6. The number of likely N-dealkylation sites (N-methyl/N-ethyl adjacent to an activating group) is 2. The zero-order chi connectivity index (χ0) is 22.0. The monoisotopic (exact) mass is 423 g/mol. The molecular formula is C24H29N3O4. The fourth-order valence-electron chi connectivity index (χ4n) is 4.37. The van der Waals surface area contributed by atoms with Crippen LogP contribution in [-0.4, -0.2) is 51.4 Å². The van der Waals surface area contributed by atoms with E-state index < -0.39 is 17.6 Å². The predicted octanol–water partition coefficient (Wildman–Crippen LogP) is 2.90. The molecule has 1 N–H and O–H groups in total. The van der Waals surface area contributed by atoms with Crippen molar-refractivity contribution in [3.63, 3.8) is 0 Å². The Labute approximate surface area is 182 Å². The number of anilines is 2. The van der Waals surface area contributed by atoms with E-state index in [1.165, 1.54) is 0 Å². The van der Waals surface area contributed by atoms with E-state index in [-0.39, 0.29) is 13.2 Å². The van der Waals surface area contributed by atoms with Crippen molar-refractivity contribution in [3.8, 4) is 0 Å². The second-order valence-electron chi connectivity index (χ2n) is 8.30. The van der Waals surface area contributed by atoms with Gasteiger partial charge in [-0.3, -0.25) is 0 Å². The topological polar surface area (TPSA) is 71.1 Å². The zero-order valence-electron chi connectivity index (χ0n) is 18.3. The Bertz CT molecular complexity index is 937. The second-order valence-corrected chi connectivity index (χ2v) is 8.30. The molecule has 0 spiro atoms. The van der Waals surface area contributed by atoms with E-state index in [0.29, 0.717) is 12.8 Å². The number of hydrogen-bond acceptors (Lipinski definition) is 6. The highest BCUT2D eigenvalue weighted by Gasteiger charge is 2.47. The van der Waals surface area contributed by atoms with Gasteiger partial charge in [0, 0.05) is 40.0 Å². The maximum Gasteiger partial charge on any atom is 0.408 e. The SMILES string of the molecule is CCOC(=O)C1(NC(=O)OCc2ccccc2)Cc2cc3c(cc2C1)N(C)CCN3C. The number of fused-ring (bicyclic) bond motifs is 2. The first-order valence-corrected chi connectivity index (χ1v) is 10.7. The maximum absolute atomic E-state index is 13.0. The van der Waals surface area contributed by atoms with E-state index in [4.69, 9.17) is 9.47 Å². The normalized spacial score (nSPS) is 16.4. The van der Waals surface area contributed by atoms with Gasteiger partial charge in [0.1, 0.15) is 12.1 Å². The smallest absolute Gasteiger partial charge is 0.408 e. The lowest BCUT2D eigenvalue weighted by Gasteiger charge is -2.35. The first kappa shape index (κ1) is 21.0. The van der Waals surface area contributed by atoms with Gasteiger partial charge >= 0.3 is 12.1 Å². The summed E-state index contributed by atoms with van der Waals surface area (Å²) in [5.74, 6) is -0.428. The minimum absolute atomic E-state index is 0.141. The number of carbonyl (C=O) groups is 2. The third-order valence-corrected chi connectivity index (χ3v) is 6.09. The van der Waals surface area contributed by atoms with Crippen molar-refractivity contribution >= 4 is 23.4 Å². The molecule has 1 aliphatic heterocycles. The van der Waals surface area contributed by atoms with Gasteiger partial charge in [0.2, 0.25) is 0 Å². The first-order chi connectivity index (χ1) is 14.9. The Kier molecular flexibility index (Phi) is 5.76. The average Bonchev–Trinajstić information content (AvgIpc) is 3.13. The van der Waals surface area contributed by atoms with Crippen molar-refractivity contribution in [2.24, 2.45) is 0 Å². The summed E-state index contributed by atoms with van der Waals surface area (Å²) >= 11 is 0. The van der Waals surface area contributed by atoms with Crippen LogP contribution in [0.5, 0.6) is 0 Å². The minimum Gasteiger partial charge on any atom is -0.464 e. The molecule has 31 heavy (non-hydrogen) atoms. The third-order valence-electron chi connectivity index (χ3n) is 6.09. The van der Waals surface area contributed by atoms with Crippen LogP contribution in [0.2, 0.25) is 0 Å². The Morgan fingerprint density at radius 3 is 2.10 bits per heavy atom. The first-order valence-electron chi connectivity index (χ1n) is 10.7. The van der Waals surface area contributed by atoms with Crippen LogP contribution >= 0.6 is 0 Å². The van der Waals surface area contributed by atoms with Gasteiger partial charge < -0.3 is 24.6 Å². The number of nitrogens with one attached hydrogen (secondary N) is 1. The van der Waals surface area contributed by atoms with Gasteiger partial charge in [-0.05, 0) is 35.7 Å². The van der Waals surface area contributed by atoms with E-state index in [1.54, 1.807) is 6.92 Å². The molecule has 1 amide bonds. The van der Waals surface area contributed by atoms with E-state index in [0.717, 1.165) is 41.2 Å². The third kappa shape index (κ3) is 4.17. The van der Waals surface area contributed by atoms with Crippen molar-refractivity contribution in [1.29, 1.82) is 0 Å². The Morgan fingerprint density at radius 1 is 0.968 bits per heavy atom. The summed E-state index contributed by atoms with van der Waals surface area (Å²) < 4.78 is 10.8. The van der Waals surface area contributed by atoms with Gasteiger partial charge in [0.05, 0.1) is 18.0 Å². The Hall–Kier alpha value is -3.22. The van der Waals surface area contributed by atoms with E-state index in [9.17, 15) is 9.59 Å². The molecule has 0 aromatic heterocycles. The lowest BCUT2D eigenvalue weighted by Crippen LogP contribution is -2.56.